The molecule has 306 valence electrons. The molecule has 0 bridgehead atoms. The second-order valence-corrected chi connectivity index (χ2v) is 18.2. The molecular weight excluding hydrogens is 1020 g/mol. The average molecular weight is 1050 g/mol. The van der Waals surface area contributed by atoms with Gasteiger partial charge in [0.25, 0.3) is 0 Å². The second kappa shape index (κ2) is 16.7. The molecule has 0 saturated carbocycles. The fourth-order valence-electron chi connectivity index (χ4n) is 8.67. The summed E-state index contributed by atoms with van der Waals surface area (Å²) in [5.41, 5.74) is 10.7. The van der Waals surface area contributed by atoms with Gasteiger partial charge in [-0.05, 0) is 182 Å². The molecule has 0 N–H and O–H groups in total. The van der Waals surface area contributed by atoms with Crippen LogP contribution >= 0.6 is 45.2 Å². The summed E-state index contributed by atoms with van der Waals surface area (Å²) in [4.78, 5) is 4.09. The van der Waals surface area contributed by atoms with E-state index in [1.165, 1.54) is 0 Å². The molecule has 10 aromatic carbocycles. The van der Waals surface area contributed by atoms with Gasteiger partial charge in [0.05, 0.1) is 46.0 Å². The minimum absolute atomic E-state index is 0.318. The van der Waals surface area contributed by atoms with E-state index in [4.69, 9.17) is 0 Å². The van der Waals surface area contributed by atoms with Crippen LogP contribution in [0.2, 0.25) is 0 Å². The third-order valence-corrected chi connectivity index (χ3v) is 13.6. The Hall–Kier alpha value is -6.86. The first kappa shape index (κ1) is 41.2. The van der Waals surface area contributed by atoms with E-state index in [1.807, 2.05) is 85.5 Å². The van der Waals surface area contributed by atoms with E-state index in [0.717, 1.165) is 86.5 Å². The van der Waals surface area contributed by atoms with Gasteiger partial charge < -0.3 is 9.80 Å². The summed E-state index contributed by atoms with van der Waals surface area (Å²) < 4.78 is 34.2. The molecule has 0 heterocycles. The summed E-state index contributed by atoms with van der Waals surface area (Å²) in [6.07, 6.45) is 0. The van der Waals surface area contributed by atoms with Crippen LogP contribution in [0.4, 0.5) is 42.9 Å². The number of nitrogens with zero attached hydrogens (tertiary/aromatic N) is 4. The van der Waals surface area contributed by atoms with Gasteiger partial charge in [0.2, 0.25) is 0 Å². The van der Waals surface area contributed by atoms with Crippen molar-refractivity contribution in [3.8, 4) is 34.4 Å². The molecule has 10 rings (SSSR count). The zero-order valence-electron chi connectivity index (χ0n) is 34.5. The zero-order chi connectivity index (χ0) is 44.2. The fraction of sp³-hybridized carbons (Fsp3) is 0.0357. The fourth-order valence-corrected chi connectivity index (χ4v) is 10.1. The van der Waals surface area contributed by atoms with E-state index in [-0.39, 0.29) is 11.6 Å². The Kier molecular flexibility index (Phi) is 10.7. The van der Waals surface area contributed by atoms with Gasteiger partial charge in [-0.15, -0.1) is 0 Å². The van der Waals surface area contributed by atoms with E-state index in [9.17, 15) is 10.5 Å². The van der Waals surface area contributed by atoms with Crippen molar-refractivity contribution in [2.24, 2.45) is 0 Å². The number of aryl methyl sites for hydroxylation is 2. The van der Waals surface area contributed by atoms with Crippen LogP contribution in [0, 0.1) is 55.3 Å². The van der Waals surface area contributed by atoms with Crippen molar-refractivity contribution in [2.75, 3.05) is 9.80 Å². The molecule has 0 unspecified atom stereocenters. The first-order chi connectivity index (χ1) is 31.1. The molecule has 0 spiro atoms. The highest BCUT2D eigenvalue weighted by Gasteiger charge is 2.26. The Bertz CT molecular complexity index is 3280. The molecule has 8 heteroatoms. The third-order valence-electron chi connectivity index (χ3n) is 11.9. The molecule has 0 amide bonds. The van der Waals surface area contributed by atoms with E-state index in [1.54, 1.807) is 36.4 Å². The van der Waals surface area contributed by atoms with Crippen LogP contribution in [0.1, 0.15) is 22.3 Å². The molecule has 4 nitrogen and oxygen atoms in total. The maximum absolute atomic E-state index is 16.8. The van der Waals surface area contributed by atoms with Crippen LogP contribution in [-0.2, 0) is 0 Å². The topological polar surface area (TPSA) is 54.1 Å². The molecule has 0 aliphatic rings. The maximum atomic E-state index is 16.8. The lowest BCUT2D eigenvalue weighted by atomic mass is 9.91. The molecule has 0 aromatic heterocycles. The monoisotopic (exact) mass is 1050 g/mol. The molecule has 64 heavy (non-hydrogen) atoms. The Morgan fingerprint density at radius 3 is 1.33 bits per heavy atom. The lowest BCUT2D eigenvalue weighted by Crippen LogP contribution is -2.13. The molecule has 0 atom stereocenters. The van der Waals surface area contributed by atoms with Gasteiger partial charge in [0.1, 0.15) is 11.6 Å². The van der Waals surface area contributed by atoms with Gasteiger partial charge in [-0.25, -0.2) is 8.78 Å². The van der Waals surface area contributed by atoms with Crippen molar-refractivity contribution in [3.05, 3.63) is 211 Å². The summed E-state index contributed by atoms with van der Waals surface area (Å²) >= 11 is 4.42. The first-order valence-electron chi connectivity index (χ1n) is 20.5. The quantitative estimate of drug-likeness (QED) is 0.112. The summed E-state index contributed by atoms with van der Waals surface area (Å²) in [6.45, 7) is 4.06. The number of hydrogen-bond acceptors (Lipinski definition) is 4. The van der Waals surface area contributed by atoms with E-state index < -0.39 is 0 Å². The molecule has 0 radical (unpaired) electrons. The minimum Gasteiger partial charge on any atom is -0.309 e. The van der Waals surface area contributed by atoms with E-state index >= 15 is 8.78 Å². The van der Waals surface area contributed by atoms with E-state index in [0.29, 0.717) is 31.6 Å². The van der Waals surface area contributed by atoms with Crippen LogP contribution in [0.5, 0.6) is 0 Å². The highest BCUT2D eigenvalue weighted by Crippen LogP contribution is 2.49. The van der Waals surface area contributed by atoms with Gasteiger partial charge in [0, 0.05) is 34.9 Å². The Morgan fingerprint density at radius 1 is 0.422 bits per heavy atom. The van der Waals surface area contributed by atoms with Gasteiger partial charge in [0.15, 0.2) is 0 Å². The Labute approximate surface area is 396 Å². The average Bonchev–Trinajstić information content (AvgIpc) is 3.31. The molecule has 0 aliphatic carbocycles. The lowest BCUT2D eigenvalue weighted by Gasteiger charge is -2.30. The van der Waals surface area contributed by atoms with Crippen molar-refractivity contribution in [1.29, 1.82) is 10.5 Å². The predicted molar refractivity (Wildman–Crippen MR) is 275 cm³/mol. The molecule has 0 aliphatic heterocycles. The zero-order valence-corrected chi connectivity index (χ0v) is 38.8. The molecular formula is C56H34F2I2N4. The smallest absolute Gasteiger partial charge is 0.148 e. The largest absolute Gasteiger partial charge is 0.309 e. The van der Waals surface area contributed by atoms with Gasteiger partial charge in [-0.3, -0.25) is 0 Å². The van der Waals surface area contributed by atoms with E-state index in [2.05, 4.69) is 129 Å². The molecule has 0 saturated heterocycles. The normalized spacial score (nSPS) is 11.2. The van der Waals surface area contributed by atoms with Crippen molar-refractivity contribution in [1.82, 2.24) is 0 Å². The highest BCUT2D eigenvalue weighted by atomic mass is 127. The number of rotatable bonds is 8. The van der Waals surface area contributed by atoms with Crippen LogP contribution < -0.4 is 9.80 Å². The second-order valence-electron chi connectivity index (χ2n) is 15.9. The summed E-state index contributed by atoms with van der Waals surface area (Å²) in [5, 5.41) is 25.4. The minimum atomic E-state index is -0.380. The van der Waals surface area contributed by atoms with Crippen LogP contribution in [0.15, 0.2) is 170 Å². The lowest BCUT2D eigenvalue weighted by molar-refractivity contribution is 0.628. The summed E-state index contributed by atoms with van der Waals surface area (Å²) in [5.74, 6) is -0.698. The number of anilines is 6. The maximum Gasteiger partial charge on any atom is 0.148 e. The third kappa shape index (κ3) is 7.27. The SMILES string of the molecule is Cc1ccc(-c2cc(N(c3ccc(C#N)cc3)c3ccc4ccc5c(N(c6ccc(C#N)cc6)c6cc(-c7ccc(C)cc7)c(I)cc6F)ccc6ccc3c4c65)c(I)cc2F)cc1. The highest BCUT2D eigenvalue weighted by molar-refractivity contribution is 14.1. The van der Waals surface area contributed by atoms with Crippen LogP contribution in [-0.4, -0.2) is 0 Å². The summed E-state index contributed by atoms with van der Waals surface area (Å²) in [7, 11) is 0. The molecule has 10 aromatic rings. The molecule has 0 fully saturated rings. The number of hydrogen-bond donors (Lipinski definition) is 0. The predicted octanol–water partition coefficient (Wildman–Crippen LogP) is 16.7. The van der Waals surface area contributed by atoms with Gasteiger partial charge in [-0.1, -0.05) is 96.1 Å². The van der Waals surface area contributed by atoms with Gasteiger partial charge >= 0.3 is 0 Å². The van der Waals surface area contributed by atoms with Crippen molar-refractivity contribution >= 4 is 112 Å². The first-order valence-corrected chi connectivity index (χ1v) is 22.7. The Morgan fingerprint density at radius 2 is 0.844 bits per heavy atom. The standard InChI is InChI=1S/C56H34F2I2N4/c1-33-3-11-37(12-4-33)45-27-54(50(60)29-47(45)57)64(42-21-9-36(32-62)10-22-42)52-26-18-40-15-23-43-51(25-17-39-16-24-44(52)56(40)55(39)43)63(41-19-7-35(31-61)8-20-41)53-28-46(49(59)30-48(53)58)38-13-5-34(2)6-14-38/h3-30H,1-2H3. The van der Waals surface area contributed by atoms with Crippen molar-refractivity contribution in [3.63, 3.8) is 0 Å². The van der Waals surface area contributed by atoms with Crippen LogP contribution in [0.3, 0.4) is 0 Å². The van der Waals surface area contributed by atoms with Gasteiger partial charge in [-0.2, -0.15) is 10.5 Å². The van der Waals surface area contributed by atoms with Crippen molar-refractivity contribution < 1.29 is 8.78 Å². The Balaban J connectivity index is 1.23. The summed E-state index contributed by atoms with van der Waals surface area (Å²) in [6, 6.07) is 59.1. The number of halogens is 4. The van der Waals surface area contributed by atoms with Crippen LogP contribution in [0.25, 0.3) is 54.6 Å². The number of benzene rings is 10. The number of nitriles is 2. The van der Waals surface area contributed by atoms with Crippen molar-refractivity contribution in [2.45, 2.75) is 13.8 Å².